The lowest BCUT2D eigenvalue weighted by Gasteiger charge is -2.21. The Morgan fingerprint density at radius 2 is 0.473 bits per heavy atom. The maximum absolute atomic E-state index is 6.11. The zero-order valence-electron chi connectivity index (χ0n) is 44.9. The molecule has 74 heavy (non-hydrogen) atoms. The number of hydrogen-bond acceptors (Lipinski definition) is 18. The third-order valence-corrected chi connectivity index (χ3v) is 10.2. The van der Waals surface area contributed by atoms with E-state index in [2.05, 4.69) is 26.8 Å². The quantitative estimate of drug-likeness (QED) is 0.0569. The third kappa shape index (κ3) is 39.1. The van der Waals surface area contributed by atoms with Gasteiger partial charge in [-0.15, -0.1) is 0 Å². The fourth-order valence-corrected chi connectivity index (χ4v) is 6.24. The molecule has 0 atom stereocenters. The van der Waals surface area contributed by atoms with Gasteiger partial charge in [-0.3, -0.25) is 0 Å². The highest BCUT2D eigenvalue weighted by Crippen LogP contribution is 2.33. The van der Waals surface area contributed by atoms with E-state index in [-0.39, 0.29) is 5.41 Å². The molecule has 0 N–H and O–H groups in total. The van der Waals surface area contributed by atoms with Gasteiger partial charge in [0.05, 0.1) is 211 Å². The summed E-state index contributed by atoms with van der Waals surface area (Å²) >= 11 is 0. The lowest BCUT2D eigenvalue weighted by molar-refractivity contribution is -0.0242. The Kier molecular flexibility index (Phi) is 42.1. The summed E-state index contributed by atoms with van der Waals surface area (Å²) in [5.74, 6) is 1.33. The maximum atomic E-state index is 6.11. The van der Waals surface area contributed by atoms with E-state index in [0.717, 1.165) is 16.7 Å². The molecule has 0 unspecified atom stereocenters. The molecule has 0 amide bonds. The third-order valence-electron chi connectivity index (χ3n) is 10.2. The van der Waals surface area contributed by atoms with Crippen molar-refractivity contribution in [1.82, 2.24) is 0 Å². The molecule has 422 valence electrons. The van der Waals surface area contributed by atoms with E-state index in [0.29, 0.717) is 236 Å². The molecule has 0 bridgehead atoms. The Hall–Kier alpha value is -3.38. The van der Waals surface area contributed by atoms with E-state index >= 15 is 0 Å². The second-order valence-electron chi connectivity index (χ2n) is 17.3. The molecule has 0 saturated heterocycles. The van der Waals surface area contributed by atoms with Crippen LogP contribution in [0.4, 0.5) is 0 Å². The standard InChI is InChI=1S/C56H90O18/c1-56(2,3)53-14-15-54(73-46-44-69-38-36-65-30-28-61-22-20-57-16-18-59-24-26-63-32-34-67-40-42-71-49-51-10-6-4-7-11-51)55(48-53)74-47-45-70-39-37-66-31-29-62-23-21-58-17-19-60-25-27-64-33-35-68-41-43-72-50-52-12-8-5-9-13-52/h4-15,48H,16-47,49-50H2,1-3H3. The molecule has 18 nitrogen and oxygen atoms in total. The van der Waals surface area contributed by atoms with Crippen molar-refractivity contribution in [3.05, 3.63) is 95.6 Å². The van der Waals surface area contributed by atoms with Gasteiger partial charge >= 0.3 is 0 Å². The average molecular weight is 1050 g/mol. The van der Waals surface area contributed by atoms with Crippen LogP contribution < -0.4 is 9.47 Å². The highest BCUT2D eigenvalue weighted by atomic mass is 16.6. The molecule has 0 heterocycles. The summed E-state index contributed by atoms with van der Waals surface area (Å²) in [5, 5.41) is 0. The Morgan fingerprint density at radius 1 is 0.243 bits per heavy atom. The fourth-order valence-electron chi connectivity index (χ4n) is 6.24. The van der Waals surface area contributed by atoms with Gasteiger partial charge in [-0.1, -0.05) is 87.5 Å². The lowest BCUT2D eigenvalue weighted by Crippen LogP contribution is -2.16. The molecule has 0 radical (unpaired) electrons. The van der Waals surface area contributed by atoms with Gasteiger partial charge in [-0.05, 0) is 34.2 Å². The Morgan fingerprint density at radius 3 is 0.730 bits per heavy atom. The van der Waals surface area contributed by atoms with E-state index in [4.69, 9.17) is 85.3 Å². The van der Waals surface area contributed by atoms with Crippen LogP contribution in [0.15, 0.2) is 78.9 Å². The molecular weight excluding hydrogens is 961 g/mol. The first-order valence-corrected chi connectivity index (χ1v) is 26.2. The van der Waals surface area contributed by atoms with Crippen molar-refractivity contribution in [1.29, 1.82) is 0 Å². The molecule has 3 aromatic carbocycles. The molecule has 0 aliphatic heterocycles. The molecule has 0 aliphatic carbocycles. The minimum absolute atomic E-state index is 0.0463. The first-order chi connectivity index (χ1) is 36.5. The normalized spacial score (nSPS) is 11.7. The maximum Gasteiger partial charge on any atom is 0.161 e. The van der Waals surface area contributed by atoms with Crippen LogP contribution in [0.1, 0.15) is 37.5 Å². The zero-order valence-corrected chi connectivity index (χ0v) is 44.9. The SMILES string of the molecule is CC(C)(C)c1ccc(OCCOCCOCCOCCOCCOCCOCCOCCOCc2ccccc2)c(OCCOCCOCCOCCOCCOCCOCCOCCOCc2ccccc2)c1. The van der Waals surface area contributed by atoms with E-state index in [1.54, 1.807) is 0 Å². The van der Waals surface area contributed by atoms with Crippen molar-refractivity contribution in [3.8, 4) is 11.5 Å². The van der Waals surface area contributed by atoms with Crippen LogP contribution >= 0.6 is 0 Å². The van der Waals surface area contributed by atoms with Crippen LogP contribution in [-0.2, 0) is 94.4 Å². The van der Waals surface area contributed by atoms with Gasteiger partial charge in [-0.25, -0.2) is 0 Å². The Bertz CT molecular complexity index is 1640. The highest BCUT2D eigenvalue weighted by molar-refractivity contribution is 5.45. The second-order valence-corrected chi connectivity index (χ2v) is 17.3. The first kappa shape index (κ1) is 64.9. The number of ether oxygens (including phenoxy) is 18. The molecule has 18 heteroatoms. The minimum atomic E-state index is -0.0463. The summed E-state index contributed by atoms with van der Waals surface area (Å²) in [5.41, 5.74) is 3.41. The average Bonchev–Trinajstić information content (AvgIpc) is 3.41. The molecule has 0 fully saturated rings. The summed E-state index contributed by atoms with van der Waals surface area (Å²) in [7, 11) is 0. The van der Waals surface area contributed by atoms with E-state index in [1.807, 2.05) is 72.8 Å². The van der Waals surface area contributed by atoms with Gasteiger partial charge in [0, 0.05) is 0 Å². The van der Waals surface area contributed by atoms with Crippen molar-refractivity contribution in [2.45, 2.75) is 39.4 Å². The van der Waals surface area contributed by atoms with Crippen LogP contribution in [0, 0.1) is 0 Å². The smallest absolute Gasteiger partial charge is 0.161 e. The van der Waals surface area contributed by atoms with Crippen LogP contribution in [0.5, 0.6) is 11.5 Å². The summed E-state index contributed by atoms with van der Waals surface area (Å²) in [4.78, 5) is 0. The van der Waals surface area contributed by atoms with E-state index in [9.17, 15) is 0 Å². The topological polar surface area (TPSA) is 166 Å². The predicted octanol–water partition coefficient (Wildman–Crippen LogP) is 6.41. The van der Waals surface area contributed by atoms with Crippen LogP contribution in [0.25, 0.3) is 0 Å². The Labute approximate surface area is 441 Å². The zero-order chi connectivity index (χ0) is 52.3. The monoisotopic (exact) mass is 1050 g/mol. The molecular formula is C56H90O18. The van der Waals surface area contributed by atoms with Crippen LogP contribution in [-0.4, -0.2) is 211 Å². The van der Waals surface area contributed by atoms with Gasteiger partial charge in [-0.2, -0.15) is 0 Å². The Balaban J connectivity index is 1.01. The summed E-state index contributed by atoms with van der Waals surface area (Å²) < 4.78 is 101. The molecule has 3 rings (SSSR count). The number of rotatable bonds is 54. The van der Waals surface area contributed by atoms with Crippen molar-refractivity contribution < 1.29 is 85.3 Å². The van der Waals surface area contributed by atoms with Crippen molar-refractivity contribution in [2.24, 2.45) is 0 Å². The summed E-state index contributed by atoms with van der Waals surface area (Å²) in [6.45, 7) is 23.2. The molecule has 3 aromatic rings. The van der Waals surface area contributed by atoms with Crippen molar-refractivity contribution in [2.75, 3.05) is 211 Å². The largest absolute Gasteiger partial charge is 0.487 e. The van der Waals surface area contributed by atoms with Gasteiger partial charge < -0.3 is 85.3 Å². The van der Waals surface area contributed by atoms with Crippen LogP contribution in [0.3, 0.4) is 0 Å². The molecule has 0 saturated carbocycles. The van der Waals surface area contributed by atoms with Crippen molar-refractivity contribution >= 4 is 0 Å². The van der Waals surface area contributed by atoms with Crippen LogP contribution in [0.2, 0.25) is 0 Å². The predicted molar refractivity (Wildman–Crippen MR) is 280 cm³/mol. The fraction of sp³-hybridized carbons (Fsp3) is 0.679. The van der Waals surface area contributed by atoms with E-state index < -0.39 is 0 Å². The van der Waals surface area contributed by atoms with Gasteiger partial charge in [0.1, 0.15) is 13.2 Å². The van der Waals surface area contributed by atoms with Gasteiger partial charge in [0.2, 0.25) is 0 Å². The minimum Gasteiger partial charge on any atom is -0.487 e. The lowest BCUT2D eigenvalue weighted by atomic mass is 9.87. The second kappa shape index (κ2) is 48.0. The molecule has 0 aromatic heterocycles. The van der Waals surface area contributed by atoms with E-state index in [1.165, 1.54) is 0 Å². The molecule has 0 spiro atoms. The first-order valence-electron chi connectivity index (χ1n) is 26.2. The summed E-state index contributed by atoms with van der Waals surface area (Å²) in [6, 6.07) is 26.2. The number of hydrogen-bond donors (Lipinski definition) is 0. The molecule has 0 aliphatic rings. The highest BCUT2D eigenvalue weighted by Gasteiger charge is 2.17. The van der Waals surface area contributed by atoms with Gasteiger partial charge in [0.15, 0.2) is 11.5 Å². The number of benzene rings is 3. The van der Waals surface area contributed by atoms with Gasteiger partial charge in [0.25, 0.3) is 0 Å². The van der Waals surface area contributed by atoms with Crippen molar-refractivity contribution in [3.63, 3.8) is 0 Å². The summed E-state index contributed by atoms with van der Waals surface area (Å²) in [6.07, 6.45) is 0.